The molecular formula is C28H23Cl2N3O3. The first-order valence-electron chi connectivity index (χ1n) is 11.5. The van der Waals surface area contributed by atoms with E-state index in [-0.39, 0.29) is 5.76 Å². The number of amides is 1. The fourth-order valence-corrected chi connectivity index (χ4v) is 4.71. The van der Waals surface area contributed by atoms with Crippen LogP contribution in [0.15, 0.2) is 76.2 Å². The largest absolute Gasteiger partial charge is 0.494 e. The van der Waals surface area contributed by atoms with Gasteiger partial charge in [-0.1, -0.05) is 47.5 Å². The third-order valence-corrected chi connectivity index (χ3v) is 6.59. The number of aromatic nitrogens is 1. The zero-order chi connectivity index (χ0) is 25.2. The van der Waals surface area contributed by atoms with E-state index in [0.29, 0.717) is 28.8 Å². The van der Waals surface area contributed by atoms with Gasteiger partial charge in [0.25, 0.3) is 0 Å². The summed E-state index contributed by atoms with van der Waals surface area (Å²) < 4.78 is 13.4. The smallest absolute Gasteiger partial charge is 0.307 e. The number of hydrazone groups is 1. The Labute approximate surface area is 218 Å². The number of carbonyl (C=O) groups is 1. The van der Waals surface area contributed by atoms with Gasteiger partial charge in [0.15, 0.2) is 5.76 Å². The minimum Gasteiger partial charge on any atom is -0.494 e. The van der Waals surface area contributed by atoms with Crippen molar-refractivity contribution in [1.82, 2.24) is 9.99 Å². The molecule has 0 unspecified atom stereocenters. The molecule has 1 amide bonds. The molecule has 1 N–H and O–H groups in total. The van der Waals surface area contributed by atoms with E-state index in [4.69, 9.17) is 32.4 Å². The lowest BCUT2D eigenvalue weighted by Gasteiger charge is -2.10. The highest BCUT2D eigenvalue weighted by molar-refractivity contribution is 6.35. The van der Waals surface area contributed by atoms with Crippen molar-refractivity contribution in [1.29, 1.82) is 0 Å². The van der Waals surface area contributed by atoms with Gasteiger partial charge in [-0.15, -0.1) is 0 Å². The number of nitrogens with one attached hydrogen (secondary N) is 1. The molecule has 5 aromatic rings. The number of hydrogen-bond acceptors (Lipinski definition) is 4. The number of benzene rings is 3. The summed E-state index contributed by atoms with van der Waals surface area (Å²) in [6.45, 7) is 5.07. The maximum atomic E-state index is 12.7. The Bertz CT molecular complexity index is 1620. The average Bonchev–Trinajstić information content (AvgIpc) is 3.40. The highest BCUT2D eigenvalue weighted by Gasteiger charge is 2.15. The van der Waals surface area contributed by atoms with E-state index in [1.54, 1.807) is 24.4 Å². The van der Waals surface area contributed by atoms with Gasteiger partial charge >= 0.3 is 5.91 Å². The van der Waals surface area contributed by atoms with Crippen molar-refractivity contribution in [3.05, 3.63) is 99.4 Å². The quantitative estimate of drug-likeness (QED) is 0.182. The van der Waals surface area contributed by atoms with Crippen molar-refractivity contribution < 1.29 is 13.9 Å². The van der Waals surface area contributed by atoms with Crippen LogP contribution >= 0.6 is 23.2 Å². The molecule has 36 heavy (non-hydrogen) atoms. The second-order valence-corrected chi connectivity index (χ2v) is 9.12. The topological polar surface area (TPSA) is 68.8 Å². The van der Waals surface area contributed by atoms with E-state index in [0.717, 1.165) is 38.9 Å². The number of fused-ring (bicyclic) bond motifs is 2. The SMILES string of the molecule is CCOc1ccc2oc(C(=O)N/N=C/c3c(C)n(Cc4ccc(Cl)cc4Cl)c4ccccc34)cc2c1. The molecule has 0 saturated heterocycles. The van der Waals surface area contributed by atoms with Crippen molar-refractivity contribution in [2.45, 2.75) is 20.4 Å². The van der Waals surface area contributed by atoms with Crippen LogP contribution in [0.4, 0.5) is 0 Å². The first kappa shape index (κ1) is 24.0. The number of furan rings is 1. The Morgan fingerprint density at radius 1 is 1.11 bits per heavy atom. The van der Waals surface area contributed by atoms with Crippen LogP contribution < -0.4 is 10.2 Å². The summed E-state index contributed by atoms with van der Waals surface area (Å²) in [5.74, 6) is 0.463. The zero-order valence-corrected chi connectivity index (χ0v) is 21.2. The van der Waals surface area contributed by atoms with Crippen molar-refractivity contribution in [2.75, 3.05) is 6.61 Å². The van der Waals surface area contributed by atoms with Gasteiger partial charge in [-0.2, -0.15) is 5.10 Å². The average molecular weight is 520 g/mol. The summed E-state index contributed by atoms with van der Waals surface area (Å²) in [4.78, 5) is 12.7. The van der Waals surface area contributed by atoms with Gasteiger partial charge in [-0.3, -0.25) is 4.79 Å². The van der Waals surface area contributed by atoms with Crippen LogP contribution in [0.5, 0.6) is 5.75 Å². The van der Waals surface area contributed by atoms with Crippen LogP contribution in [0.25, 0.3) is 21.9 Å². The zero-order valence-electron chi connectivity index (χ0n) is 19.7. The van der Waals surface area contributed by atoms with Crippen molar-refractivity contribution in [3.8, 4) is 5.75 Å². The minimum atomic E-state index is -0.435. The fourth-order valence-electron chi connectivity index (χ4n) is 4.25. The molecule has 0 saturated carbocycles. The molecule has 3 aromatic carbocycles. The molecule has 0 bridgehead atoms. The Morgan fingerprint density at radius 2 is 1.94 bits per heavy atom. The van der Waals surface area contributed by atoms with Crippen LogP contribution in [0.3, 0.4) is 0 Å². The third kappa shape index (κ3) is 4.70. The number of rotatable bonds is 7. The predicted octanol–water partition coefficient (Wildman–Crippen LogP) is 7.21. The Hall–Kier alpha value is -3.74. The standard InChI is InChI=1S/C28H23Cl2N3O3/c1-3-35-21-10-11-26-19(12-21)13-27(36-26)28(34)32-31-15-23-17(2)33(25-7-5-4-6-22(23)25)16-18-8-9-20(29)14-24(18)30/h4-15H,3,16H2,1-2H3,(H,32,34)/b31-15+. The number of halogens is 2. The van der Waals surface area contributed by atoms with Crippen molar-refractivity contribution in [2.24, 2.45) is 5.10 Å². The highest BCUT2D eigenvalue weighted by atomic mass is 35.5. The first-order chi connectivity index (χ1) is 17.4. The van der Waals surface area contributed by atoms with Gasteiger partial charge in [0.05, 0.1) is 12.8 Å². The molecule has 0 aliphatic carbocycles. The van der Waals surface area contributed by atoms with Crippen LogP contribution in [0, 0.1) is 6.92 Å². The maximum Gasteiger partial charge on any atom is 0.307 e. The second kappa shape index (κ2) is 10.1. The van der Waals surface area contributed by atoms with E-state index in [1.807, 2.05) is 62.4 Å². The van der Waals surface area contributed by atoms with Gasteiger partial charge in [-0.25, -0.2) is 5.43 Å². The molecule has 0 spiro atoms. The lowest BCUT2D eigenvalue weighted by molar-refractivity contribution is 0.0929. The summed E-state index contributed by atoms with van der Waals surface area (Å²) in [5.41, 5.74) is 7.07. The lowest BCUT2D eigenvalue weighted by Crippen LogP contribution is -2.16. The molecule has 182 valence electrons. The van der Waals surface area contributed by atoms with Gasteiger partial charge in [-0.05, 0) is 61.9 Å². The fraction of sp³-hybridized carbons (Fsp3) is 0.143. The summed E-state index contributed by atoms with van der Waals surface area (Å²) in [7, 11) is 0. The predicted molar refractivity (Wildman–Crippen MR) is 145 cm³/mol. The third-order valence-electron chi connectivity index (χ3n) is 6.01. The van der Waals surface area contributed by atoms with Crippen LogP contribution in [-0.4, -0.2) is 23.3 Å². The highest BCUT2D eigenvalue weighted by Crippen LogP contribution is 2.29. The molecule has 2 heterocycles. The van der Waals surface area contributed by atoms with E-state index < -0.39 is 5.91 Å². The number of ether oxygens (including phenoxy) is 1. The van der Waals surface area contributed by atoms with E-state index in [9.17, 15) is 4.79 Å². The number of carbonyl (C=O) groups excluding carboxylic acids is 1. The number of nitrogens with zero attached hydrogens (tertiary/aromatic N) is 2. The lowest BCUT2D eigenvalue weighted by atomic mass is 10.1. The molecule has 8 heteroatoms. The normalized spacial score (nSPS) is 11.6. The van der Waals surface area contributed by atoms with Gasteiger partial charge < -0.3 is 13.7 Å². The van der Waals surface area contributed by atoms with Crippen molar-refractivity contribution in [3.63, 3.8) is 0 Å². The number of para-hydroxylation sites is 1. The monoisotopic (exact) mass is 519 g/mol. The van der Waals surface area contributed by atoms with Crippen LogP contribution in [0.2, 0.25) is 10.0 Å². The van der Waals surface area contributed by atoms with E-state index in [2.05, 4.69) is 15.1 Å². The summed E-state index contributed by atoms with van der Waals surface area (Å²) in [5, 5.41) is 7.25. The molecule has 2 aromatic heterocycles. The van der Waals surface area contributed by atoms with Crippen molar-refractivity contribution >= 4 is 57.2 Å². The summed E-state index contributed by atoms with van der Waals surface area (Å²) >= 11 is 12.5. The molecule has 5 rings (SSSR count). The Morgan fingerprint density at radius 3 is 2.75 bits per heavy atom. The van der Waals surface area contributed by atoms with E-state index in [1.165, 1.54) is 0 Å². The molecule has 0 aliphatic heterocycles. The number of hydrogen-bond donors (Lipinski definition) is 1. The molecule has 6 nitrogen and oxygen atoms in total. The van der Waals surface area contributed by atoms with Crippen LogP contribution in [-0.2, 0) is 6.54 Å². The second-order valence-electron chi connectivity index (χ2n) is 8.28. The molecular weight excluding hydrogens is 497 g/mol. The van der Waals surface area contributed by atoms with Gasteiger partial charge in [0, 0.05) is 44.1 Å². The van der Waals surface area contributed by atoms with E-state index >= 15 is 0 Å². The van der Waals surface area contributed by atoms with Gasteiger partial charge in [0.1, 0.15) is 11.3 Å². The first-order valence-corrected chi connectivity index (χ1v) is 12.2. The molecule has 0 radical (unpaired) electrons. The Kier molecular flexibility index (Phi) is 6.72. The summed E-state index contributed by atoms with van der Waals surface area (Å²) in [6.07, 6.45) is 1.66. The maximum absolute atomic E-state index is 12.7. The molecule has 0 fully saturated rings. The summed E-state index contributed by atoms with van der Waals surface area (Å²) in [6, 6.07) is 20.7. The molecule has 0 aliphatic rings. The van der Waals surface area contributed by atoms with Gasteiger partial charge in [0.2, 0.25) is 0 Å². The van der Waals surface area contributed by atoms with Crippen LogP contribution in [0.1, 0.15) is 34.3 Å². The minimum absolute atomic E-state index is 0.173. The Balaban J connectivity index is 1.40. The molecule has 0 atom stereocenters.